The van der Waals surface area contributed by atoms with Gasteiger partial charge in [0.2, 0.25) is 11.2 Å². The van der Waals surface area contributed by atoms with Crippen molar-refractivity contribution < 1.29 is 4.74 Å². The van der Waals surface area contributed by atoms with E-state index >= 15 is 0 Å². The van der Waals surface area contributed by atoms with Crippen LogP contribution in [0.4, 0.5) is 0 Å². The lowest BCUT2D eigenvalue weighted by Crippen LogP contribution is -2.05. The summed E-state index contributed by atoms with van der Waals surface area (Å²) >= 11 is 5.78. The van der Waals surface area contributed by atoms with Crippen LogP contribution in [-0.4, -0.2) is 9.97 Å². The van der Waals surface area contributed by atoms with Gasteiger partial charge in [0.15, 0.2) is 0 Å². The zero-order chi connectivity index (χ0) is 12.3. The summed E-state index contributed by atoms with van der Waals surface area (Å²) in [7, 11) is 0. The largest absolute Gasteiger partial charge is 0.470 e. The van der Waals surface area contributed by atoms with Crippen molar-refractivity contribution in [3.63, 3.8) is 0 Å². The van der Waals surface area contributed by atoms with Gasteiger partial charge in [-0.2, -0.15) is 4.98 Å². The van der Waals surface area contributed by atoms with Crippen LogP contribution in [0.2, 0.25) is 5.28 Å². The van der Waals surface area contributed by atoms with E-state index in [1.165, 1.54) is 0 Å². The van der Waals surface area contributed by atoms with E-state index in [9.17, 15) is 0 Å². The molecule has 2 aromatic rings. The highest BCUT2D eigenvalue weighted by molar-refractivity contribution is 6.28. The SMILES string of the molecule is Cc1cc(OC(C)c2ccccc2)nc(Cl)n1. The van der Waals surface area contributed by atoms with Gasteiger partial charge in [0.1, 0.15) is 6.10 Å². The Morgan fingerprint density at radius 1 is 1.18 bits per heavy atom. The molecule has 0 fully saturated rings. The number of nitrogens with zero attached hydrogens (tertiary/aromatic N) is 2. The fourth-order valence-electron chi connectivity index (χ4n) is 1.54. The van der Waals surface area contributed by atoms with Crippen molar-refractivity contribution in [2.75, 3.05) is 0 Å². The van der Waals surface area contributed by atoms with Gasteiger partial charge in [-0.1, -0.05) is 30.3 Å². The topological polar surface area (TPSA) is 35.0 Å². The van der Waals surface area contributed by atoms with E-state index in [1.807, 2.05) is 44.2 Å². The summed E-state index contributed by atoms with van der Waals surface area (Å²) in [5, 5.41) is 0.209. The quantitative estimate of drug-likeness (QED) is 0.779. The first-order valence-electron chi connectivity index (χ1n) is 5.38. The monoisotopic (exact) mass is 248 g/mol. The third-order valence-corrected chi connectivity index (χ3v) is 2.54. The van der Waals surface area contributed by atoms with E-state index in [1.54, 1.807) is 6.07 Å². The van der Waals surface area contributed by atoms with Gasteiger partial charge in [0.05, 0.1) is 0 Å². The lowest BCUT2D eigenvalue weighted by molar-refractivity contribution is 0.217. The second-order valence-corrected chi connectivity index (χ2v) is 4.13. The Hall–Kier alpha value is -1.61. The molecule has 1 heterocycles. The minimum atomic E-state index is -0.0680. The van der Waals surface area contributed by atoms with E-state index in [0.29, 0.717) is 5.88 Å². The van der Waals surface area contributed by atoms with Gasteiger partial charge in [0.25, 0.3) is 0 Å². The molecule has 17 heavy (non-hydrogen) atoms. The molecule has 0 aliphatic rings. The number of hydrogen-bond donors (Lipinski definition) is 0. The van der Waals surface area contributed by atoms with Crippen molar-refractivity contribution in [2.45, 2.75) is 20.0 Å². The molecule has 0 saturated heterocycles. The molecule has 0 radical (unpaired) electrons. The van der Waals surface area contributed by atoms with Crippen molar-refractivity contribution >= 4 is 11.6 Å². The molecule has 4 heteroatoms. The van der Waals surface area contributed by atoms with Crippen LogP contribution in [0.15, 0.2) is 36.4 Å². The molecule has 1 unspecified atom stereocenters. The minimum absolute atomic E-state index is 0.0680. The summed E-state index contributed by atoms with van der Waals surface area (Å²) in [5.41, 5.74) is 1.89. The van der Waals surface area contributed by atoms with E-state index in [4.69, 9.17) is 16.3 Å². The Bertz CT molecular complexity index is 482. The number of rotatable bonds is 3. The molecule has 1 atom stereocenters. The Morgan fingerprint density at radius 3 is 2.53 bits per heavy atom. The smallest absolute Gasteiger partial charge is 0.225 e. The zero-order valence-electron chi connectivity index (χ0n) is 9.72. The average molecular weight is 249 g/mol. The molecule has 0 aliphatic carbocycles. The maximum atomic E-state index is 5.78. The molecular formula is C13H13ClN2O. The van der Waals surface area contributed by atoms with E-state index in [-0.39, 0.29) is 11.4 Å². The first kappa shape index (κ1) is 11.9. The highest BCUT2D eigenvalue weighted by Gasteiger charge is 2.08. The fourth-order valence-corrected chi connectivity index (χ4v) is 1.75. The van der Waals surface area contributed by atoms with Gasteiger partial charge in [-0.15, -0.1) is 0 Å². The van der Waals surface area contributed by atoms with Gasteiger partial charge >= 0.3 is 0 Å². The predicted octanol–water partition coefficient (Wildman–Crippen LogP) is 3.58. The molecule has 2 rings (SSSR count). The van der Waals surface area contributed by atoms with Crippen LogP contribution in [0.5, 0.6) is 5.88 Å². The van der Waals surface area contributed by atoms with Gasteiger partial charge in [-0.05, 0) is 31.0 Å². The number of ether oxygens (including phenoxy) is 1. The van der Waals surface area contributed by atoms with Crippen LogP contribution >= 0.6 is 11.6 Å². The van der Waals surface area contributed by atoms with Crippen LogP contribution in [-0.2, 0) is 0 Å². The molecule has 0 amide bonds. The molecule has 0 N–H and O–H groups in total. The molecule has 1 aromatic heterocycles. The highest BCUT2D eigenvalue weighted by Crippen LogP contribution is 2.21. The lowest BCUT2D eigenvalue weighted by Gasteiger charge is -2.14. The summed E-state index contributed by atoms with van der Waals surface area (Å²) in [4.78, 5) is 8.02. The van der Waals surface area contributed by atoms with Crippen LogP contribution in [0.1, 0.15) is 24.3 Å². The molecule has 0 bridgehead atoms. The molecule has 1 aromatic carbocycles. The maximum Gasteiger partial charge on any atom is 0.225 e. The normalized spacial score (nSPS) is 12.2. The van der Waals surface area contributed by atoms with Gasteiger partial charge in [-0.25, -0.2) is 4.98 Å². The third-order valence-electron chi connectivity index (χ3n) is 2.37. The molecular weight excluding hydrogens is 236 g/mol. The van der Waals surface area contributed by atoms with Gasteiger partial charge in [-0.3, -0.25) is 0 Å². The molecule has 0 spiro atoms. The molecule has 0 aliphatic heterocycles. The zero-order valence-corrected chi connectivity index (χ0v) is 10.5. The first-order valence-corrected chi connectivity index (χ1v) is 5.76. The van der Waals surface area contributed by atoms with Gasteiger partial charge < -0.3 is 4.74 Å². The van der Waals surface area contributed by atoms with Gasteiger partial charge in [0, 0.05) is 11.8 Å². The summed E-state index contributed by atoms with van der Waals surface area (Å²) in [5.74, 6) is 0.499. The predicted molar refractivity (Wildman–Crippen MR) is 67.3 cm³/mol. The van der Waals surface area contributed by atoms with Crippen molar-refractivity contribution in [3.05, 3.63) is 52.9 Å². The summed E-state index contributed by atoms with van der Waals surface area (Å²) < 4.78 is 5.73. The van der Waals surface area contributed by atoms with Crippen molar-refractivity contribution in [1.29, 1.82) is 0 Å². The number of aromatic nitrogens is 2. The molecule has 3 nitrogen and oxygen atoms in total. The van der Waals surface area contributed by atoms with Crippen molar-refractivity contribution in [3.8, 4) is 5.88 Å². The average Bonchev–Trinajstić information content (AvgIpc) is 2.28. The second-order valence-electron chi connectivity index (χ2n) is 3.79. The number of benzene rings is 1. The highest BCUT2D eigenvalue weighted by atomic mass is 35.5. The van der Waals surface area contributed by atoms with Crippen LogP contribution < -0.4 is 4.74 Å². The van der Waals surface area contributed by atoms with Crippen molar-refractivity contribution in [2.24, 2.45) is 0 Å². The first-order chi connectivity index (χ1) is 8.15. The van der Waals surface area contributed by atoms with Crippen molar-refractivity contribution in [1.82, 2.24) is 9.97 Å². The standard InChI is InChI=1S/C13H13ClN2O/c1-9-8-12(16-13(14)15-9)17-10(2)11-6-4-3-5-7-11/h3-8,10H,1-2H3. The number of halogens is 1. The van der Waals surface area contributed by atoms with Crippen LogP contribution in [0.25, 0.3) is 0 Å². The Kier molecular flexibility index (Phi) is 3.59. The molecule has 88 valence electrons. The maximum absolute atomic E-state index is 5.78. The number of hydrogen-bond acceptors (Lipinski definition) is 3. The minimum Gasteiger partial charge on any atom is -0.470 e. The van der Waals surface area contributed by atoms with E-state index in [0.717, 1.165) is 11.3 Å². The second kappa shape index (κ2) is 5.15. The Morgan fingerprint density at radius 2 is 1.88 bits per heavy atom. The lowest BCUT2D eigenvalue weighted by atomic mass is 10.1. The summed E-state index contributed by atoms with van der Waals surface area (Å²) in [6, 6.07) is 11.7. The third kappa shape index (κ3) is 3.17. The van der Waals surface area contributed by atoms with E-state index in [2.05, 4.69) is 9.97 Å². The summed E-state index contributed by atoms with van der Waals surface area (Å²) in [6.45, 7) is 3.83. The Balaban J connectivity index is 2.16. The number of aryl methyl sites for hydroxylation is 1. The summed E-state index contributed by atoms with van der Waals surface area (Å²) in [6.07, 6.45) is -0.0680. The fraction of sp³-hybridized carbons (Fsp3) is 0.231. The van der Waals surface area contributed by atoms with Crippen LogP contribution in [0.3, 0.4) is 0 Å². The Labute approximate surface area is 105 Å². The van der Waals surface area contributed by atoms with Crippen LogP contribution in [0, 0.1) is 6.92 Å². The van der Waals surface area contributed by atoms with E-state index < -0.39 is 0 Å². The molecule has 0 saturated carbocycles.